The zero-order valence-corrected chi connectivity index (χ0v) is 17.2. The van der Waals surface area contributed by atoms with Crippen LogP contribution in [0.5, 0.6) is 0 Å². The smallest absolute Gasteiger partial charge is 0.0822 e. The van der Waals surface area contributed by atoms with Crippen LogP contribution in [0.25, 0.3) is 0 Å². The molecule has 0 bridgehead atoms. The Kier molecular flexibility index (Phi) is 4.99. The van der Waals surface area contributed by atoms with Crippen LogP contribution in [-0.4, -0.2) is 25.3 Å². The highest BCUT2D eigenvalue weighted by Crippen LogP contribution is 2.59. The third-order valence-electron chi connectivity index (χ3n) is 8.52. The molecule has 2 aliphatic heterocycles. The van der Waals surface area contributed by atoms with Gasteiger partial charge >= 0.3 is 0 Å². The van der Waals surface area contributed by atoms with Crippen molar-refractivity contribution in [2.24, 2.45) is 40.9 Å². The first-order valence-electron chi connectivity index (χ1n) is 11.3. The van der Waals surface area contributed by atoms with Crippen LogP contribution in [0.1, 0.15) is 79.1 Å². The standard InChI is InChI=1S/C23H41NO/c1-16(2)20-11-22(12-20,9-17(3)19-5-6-19)10-18(4)21-13-23(25-14-21)7-8-24-15-23/h16-21,24H,5-15H2,1-4H3. The van der Waals surface area contributed by atoms with Crippen molar-refractivity contribution in [2.75, 3.05) is 19.7 Å². The van der Waals surface area contributed by atoms with Crippen molar-refractivity contribution >= 4 is 0 Å². The molecule has 25 heavy (non-hydrogen) atoms. The van der Waals surface area contributed by atoms with Crippen LogP contribution < -0.4 is 5.32 Å². The van der Waals surface area contributed by atoms with E-state index in [1.165, 1.54) is 51.4 Å². The molecule has 2 aliphatic carbocycles. The zero-order chi connectivity index (χ0) is 17.7. The van der Waals surface area contributed by atoms with Gasteiger partial charge in [0.1, 0.15) is 0 Å². The van der Waals surface area contributed by atoms with Crippen molar-refractivity contribution in [3.63, 3.8) is 0 Å². The molecule has 2 nitrogen and oxygen atoms in total. The lowest BCUT2D eigenvalue weighted by Crippen LogP contribution is -2.43. The van der Waals surface area contributed by atoms with Gasteiger partial charge in [0.2, 0.25) is 0 Å². The van der Waals surface area contributed by atoms with Gasteiger partial charge < -0.3 is 10.1 Å². The third kappa shape index (κ3) is 3.81. The number of hydrogen-bond acceptors (Lipinski definition) is 2. The molecule has 2 heterocycles. The molecule has 1 N–H and O–H groups in total. The summed E-state index contributed by atoms with van der Waals surface area (Å²) in [4.78, 5) is 0. The fraction of sp³-hybridized carbons (Fsp3) is 1.00. The minimum Gasteiger partial charge on any atom is -0.373 e. The van der Waals surface area contributed by atoms with Crippen LogP contribution in [0.2, 0.25) is 0 Å². The molecule has 2 saturated carbocycles. The van der Waals surface area contributed by atoms with Gasteiger partial charge in [-0.25, -0.2) is 0 Å². The van der Waals surface area contributed by atoms with E-state index in [9.17, 15) is 0 Å². The monoisotopic (exact) mass is 347 g/mol. The molecular weight excluding hydrogens is 306 g/mol. The molecule has 2 saturated heterocycles. The average Bonchev–Trinajstić information content (AvgIpc) is 3.16. The minimum absolute atomic E-state index is 0.202. The summed E-state index contributed by atoms with van der Waals surface area (Å²) < 4.78 is 6.33. The second-order valence-corrected chi connectivity index (χ2v) is 11.0. The van der Waals surface area contributed by atoms with Crippen LogP contribution in [0, 0.1) is 40.9 Å². The van der Waals surface area contributed by atoms with Gasteiger partial charge in [-0.05, 0) is 98.8 Å². The van der Waals surface area contributed by atoms with Crippen molar-refractivity contribution in [3.8, 4) is 0 Å². The lowest BCUT2D eigenvalue weighted by molar-refractivity contribution is -0.0248. The Labute approximate surface area is 155 Å². The molecule has 0 amide bonds. The van der Waals surface area contributed by atoms with E-state index in [0.29, 0.717) is 5.41 Å². The predicted molar refractivity (Wildman–Crippen MR) is 105 cm³/mol. The summed E-state index contributed by atoms with van der Waals surface area (Å²) in [7, 11) is 0. The van der Waals surface area contributed by atoms with Gasteiger partial charge in [-0.1, -0.05) is 27.7 Å². The molecule has 4 rings (SSSR count). The number of rotatable bonds is 7. The fourth-order valence-electron chi connectivity index (χ4n) is 6.57. The van der Waals surface area contributed by atoms with Gasteiger partial charge in [0.05, 0.1) is 12.2 Å². The highest BCUT2D eigenvalue weighted by Gasteiger charge is 2.50. The lowest BCUT2D eigenvalue weighted by Gasteiger charge is -2.53. The topological polar surface area (TPSA) is 21.3 Å². The van der Waals surface area contributed by atoms with Crippen LogP contribution in [0.3, 0.4) is 0 Å². The van der Waals surface area contributed by atoms with Gasteiger partial charge in [0.15, 0.2) is 0 Å². The number of ether oxygens (including phenoxy) is 1. The first kappa shape index (κ1) is 18.3. The van der Waals surface area contributed by atoms with E-state index in [4.69, 9.17) is 4.74 Å². The molecule has 4 fully saturated rings. The second-order valence-electron chi connectivity index (χ2n) is 11.0. The first-order chi connectivity index (χ1) is 11.9. The van der Waals surface area contributed by atoms with Crippen LogP contribution >= 0.6 is 0 Å². The highest BCUT2D eigenvalue weighted by molar-refractivity contribution is 5.01. The van der Waals surface area contributed by atoms with E-state index in [-0.39, 0.29) is 5.60 Å². The van der Waals surface area contributed by atoms with E-state index in [2.05, 4.69) is 33.0 Å². The highest BCUT2D eigenvalue weighted by atomic mass is 16.5. The summed E-state index contributed by atoms with van der Waals surface area (Å²) in [6, 6.07) is 0. The maximum Gasteiger partial charge on any atom is 0.0822 e. The van der Waals surface area contributed by atoms with Crippen molar-refractivity contribution < 1.29 is 4.74 Å². The van der Waals surface area contributed by atoms with Crippen LogP contribution in [-0.2, 0) is 4.74 Å². The third-order valence-corrected chi connectivity index (χ3v) is 8.52. The molecule has 144 valence electrons. The molecule has 4 aliphatic rings. The molecule has 0 aromatic carbocycles. The molecular formula is C23H41NO. The van der Waals surface area contributed by atoms with Crippen molar-refractivity contribution in [1.82, 2.24) is 5.32 Å². The Bertz CT molecular complexity index is 457. The second kappa shape index (κ2) is 6.82. The zero-order valence-electron chi connectivity index (χ0n) is 17.2. The first-order valence-corrected chi connectivity index (χ1v) is 11.3. The summed E-state index contributed by atoms with van der Waals surface area (Å²) in [5.74, 6) is 5.52. The van der Waals surface area contributed by atoms with Gasteiger partial charge in [0.25, 0.3) is 0 Å². The van der Waals surface area contributed by atoms with Crippen LogP contribution in [0.15, 0.2) is 0 Å². The Hall–Kier alpha value is -0.0800. The Morgan fingerprint density at radius 2 is 1.60 bits per heavy atom. The normalized spacial score (nSPS) is 43.6. The van der Waals surface area contributed by atoms with Gasteiger partial charge in [-0.2, -0.15) is 0 Å². The summed E-state index contributed by atoms with van der Waals surface area (Å²) in [6.07, 6.45) is 11.5. The Morgan fingerprint density at radius 3 is 2.16 bits per heavy atom. The van der Waals surface area contributed by atoms with E-state index in [1.54, 1.807) is 0 Å². The lowest BCUT2D eigenvalue weighted by atomic mass is 9.52. The van der Waals surface area contributed by atoms with Crippen molar-refractivity contribution in [2.45, 2.75) is 84.7 Å². The molecule has 4 atom stereocenters. The minimum atomic E-state index is 0.202. The van der Waals surface area contributed by atoms with E-state index < -0.39 is 0 Å². The number of hydrogen-bond donors (Lipinski definition) is 1. The average molecular weight is 348 g/mol. The van der Waals surface area contributed by atoms with Gasteiger partial charge in [-0.15, -0.1) is 0 Å². The van der Waals surface area contributed by atoms with E-state index in [1.807, 2.05) is 0 Å². The Balaban J connectivity index is 1.36. The summed E-state index contributed by atoms with van der Waals surface area (Å²) in [5, 5.41) is 3.52. The van der Waals surface area contributed by atoms with Gasteiger partial charge in [-0.3, -0.25) is 0 Å². The van der Waals surface area contributed by atoms with Gasteiger partial charge in [0, 0.05) is 6.54 Å². The largest absolute Gasteiger partial charge is 0.373 e. The number of nitrogens with one attached hydrogen (secondary N) is 1. The fourth-order valence-corrected chi connectivity index (χ4v) is 6.57. The summed E-state index contributed by atoms with van der Waals surface area (Å²) in [5.41, 5.74) is 0.869. The molecule has 0 radical (unpaired) electrons. The summed E-state index contributed by atoms with van der Waals surface area (Å²) in [6.45, 7) is 13.2. The van der Waals surface area contributed by atoms with E-state index >= 15 is 0 Å². The molecule has 4 unspecified atom stereocenters. The predicted octanol–water partition coefficient (Wildman–Crippen LogP) is 5.27. The van der Waals surface area contributed by atoms with Crippen molar-refractivity contribution in [3.05, 3.63) is 0 Å². The van der Waals surface area contributed by atoms with E-state index in [0.717, 1.165) is 55.2 Å². The molecule has 0 aromatic rings. The van der Waals surface area contributed by atoms with Crippen LogP contribution in [0.4, 0.5) is 0 Å². The maximum atomic E-state index is 6.33. The van der Waals surface area contributed by atoms with Crippen molar-refractivity contribution in [1.29, 1.82) is 0 Å². The maximum absolute atomic E-state index is 6.33. The SMILES string of the molecule is CC(C)C1CC(CC(C)C2CC2)(CC(C)C2COC3(CCNC3)C2)C1. The summed E-state index contributed by atoms with van der Waals surface area (Å²) >= 11 is 0. The quantitative estimate of drug-likeness (QED) is 0.677. The Morgan fingerprint density at radius 1 is 0.920 bits per heavy atom. The molecule has 0 aromatic heterocycles. The molecule has 1 spiro atoms. The molecule has 2 heteroatoms.